The maximum Gasteiger partial charge on any atom is 0.281 e. The third kappa shape index (κ3) is 5.54. The molecule has 0 fully saturated rings. The summed E-state index contributed by atoms with van der Waals surface area (Å²) in [5.41, 5.74) is 4.31. The highest BCUT2D eigenvalue weighted by Gasteiger charge is 2.33. The lowest BCUT2D eigenvalue weighted by atomic mass is 9.98. The smallest absolute Gasteiger partial charge is 0.281 e. The summed E-state index contributed by atoms with van der Waals surface area (Å²) < 4.78 is 12.0. The van der Waals surface area contributed by atoms with E-state index in [4.69, 9.17) is 14.6 Å². The highest BCUT2D eigenvalue weighted by Crippen LogP contribution is 2.34. The topological polar surface area (TPSA) is 71.4 Å². The molecule has 180 valence electrons. The zero-order valence-electron chi connectivity index (χ0n) is 19.8. The lowest BCUT2D eigenvalue weighted by Gasteiger charge is -2.23. The molecule has 1 aliphatic heterocycles. The fourth-order valence-corrected chi connectivity index (χ4v) is 4.32. The van der Waals surface area contributed by atoms with Gasteiger partial charge in [0.1, 0.15) is 6.29 Å². The van der Waals surface area contributed by atoms with Crippen LogP contribution in [0.4, 0.5) is 5.69 Å². The van der Waals surface area contributed by atoms with Crippen LogP contribution in [0.2, 0.25) is 0 Å². The van der Waals surface area contributed by atoms with Gasteiger partial charge in [-0.25, -0.2) is 5.01 Å². The molecule has 0 N–H and O–H groups in total. The van der Waals surface area contributed by atoms with Gasteiger partial charge in [0.2, 0.25) is 0 Å². The van der Waals surface area contributed by atoms with E-state index < -0.39 is 0 Å². The van der Waals surface area contributed by atoms with Crippen LogP contribution in [-0.4, -0.2) is 50.7 Å². The van der Waals surface area contributed by atoms with Crippen LogP contribution in [0.15, 0.2) is 76.3 Å². The molecule has 7 nitrogen and oxygen atoms in total. The van der Waals surface area contributed by atoms with Gasteiger partial charge in [-0.3, -0.25) is 9.59 Å². The van der Waals surface area contributed by atoms with Crippen molar-refractivity contribution in [2.45, 2.75) is 12.5 Å². The van der Waals surface area contributed by atoms with Crippen LogP contribution in [0, 0.1) is 0 Å². The first-order chi connectivity index (χ1) is 16.9. The second kappa shape index (κ2) is 10.7. The predicted octanol–water partition coefficient (Wildman–Crippen LogP) is 5.09. The fourth-order valence-electron chi connectivity index (χ4n) is 3.92. The van der Waals surface area contributed by atoms with E-state index in [2.05, 4.69) is 15.9 Å². The van der Waals surface area contributed by atoms with Crippen molar-refractivity contribution in [3.63, 3.8) is 0 Å². The quantitative estimate of drug-likeness (QED) is 0.375. The Morgan fingerprint density at radius 2 is 1.89 bits per heavy atom. The monoisotopic (exact) mass is 535 g/mol. The van der Waals surface area contributed by atoms with Crippen molar-refractivity contribution < 1.29 is 19.1 Å². The van der Waals surface area contributed by atoms with Crippen LogP contribution < -0.4 is 14.4 Å². The zero-order chi connectivity index (χ0) is 24.9. The van der Waals surface area contributed by atoms with Crippen molar-refractivity contribution >= 4 is 39.5 Å². The first-order valence-electron chi connectivity index (χ1n) is 11.1. The number of aldehydes is 1. The molecule has 0 saturated carbocycles. The van der Waals surface area contributed by atoms with Crippen molar-refractivity contribution in [1.82, 2.24) is 5.01 Å². The van der Waals surface area contributed by atoms with Crippen molar-refractivity contribution in [2.75, 3.05) is 32.7 Å². The second-order valence-corrected chi connectivity index (χ2v) is 9.23. The Balaban J connectivity index is 1.59. The van der Waals surface area contributed by atoms with Crippen molar-refractivity contribution in [1.29, 1.82) is 0 Å². The highest BCUT2D eigenvalue weighted by atomic mass is 79.9. The number of hydrogen-bond acceptors (Lipinski definition) is 6. The maximum absolute atomic E-state index is 13.3. The summed E-state index contributed by atoms with van der Waals surface area (Å²) in [7, 11) is 5.46. The molecule has 0 radical (unpaired) electrons. The number of anilines is 1. The molecule has 0 bridgehead atoms. The van der Waals surface area contributed by atoms with Gasteiger partial charge in [0, 0.05) is 36.2 Å². The van der Waals surface area contributed by atoms with Crippen molar-refractivity contribution in [2.24, 2.45) is 5.10 Å². The second-order valence-electron chi connectivity index (χ2n) is 8.32. The van der Waals surface area contributed by atoms with Crippen LogP contribution in [0.1, 0.15) is 33.9 Å². The van der Waals surface area contributed by atoms with Gasteiger partial charge in [-0.05, 0) is 53.6 Å². The molecular weight excluding hydrogens is 510 g/mol. The molecule has 1 atom stereocenters. The lowest BCUT2D eigenvalue weighted by Crippen LogP contribution is -2.31. The van der Waals surface area contributed by atoms with Gasteiger partial charge in [0.05, 0.1) is 18.9 Å². The summed E-state index contributed by atoms with van der Waals surface area (Å²) >= 11 is 3.52. The number of hydrazone groups is 1. The van der Waals surface area contributed by atoms with Gasteiger partial charge < -0.3 is 14.4 Å². The summed E-state index contributed by atoms with van der Waals surface area (Å²) in [4.78, 5) is 26.4. The molecule has 3 aromatic carbocycles. The van der Waals surface area contributed by atoms with Gasteiger partial charge in [-0.15, -0.1) is 0 Å². The SMILES string of the molecule is COc1cc(C=O)ccc1OCC(=O)N1N=C(c2cccc(Br)c2)CC1c1ccc(N(C)C)cc1. The number of hydrogen-bond donors (Lipinski definition) is 0. The van der Waals surface area contributed by atoms with Crippen LogP contribution in [0.3, 0.4) is 0 Å². The molecule has 1 unspecified atom stereocenters. The predicted molar refractivity (Wildman–Crippen MR) is 140 cm³/mol. The van der Waals surface area contributed by atoms with Crippen LogP contribution in [0.5, 0.6) is 11.5 Å². The molecule has 4 rings (SSSR count). The molecule has 3 aromatic rings. The molecule has 8 heteroatoms. The van der Waals surface area contributed by atoms with Gasteiger partial charge >= 0.3 is 0 Å². The number of benzene rings is 3. The number of carbonyl (C=O) groups is 2. The summed E-state index contributed by atoms with van der Waals surface area (Å²) in [6.07, 6.45) is 1.31. The number of methoxy groups -OCH3 is 1. The van der Waals surface area contributed by atoms with Crippen molar-refractivity contribution in [3.05, 3.63) is 87.9 Å². The molecule has 0 saturated heterocycles. The van der Waals surface area contributed by atoms with Crippen LogP contribution in [0.25, 0.3) is 0 Å². The standard InChI is InChI=1S/C27H26BrN3O4/c1-30(2)22-10-8-19(9-11-22)24-15-23(20-5-4-6-21(28)14-20)29-31(24)27(33)17-35-25-12-7-18(16-32)13-26(25)34-3/h4-14,16,24H,15,17H2,1-3H3. The zero-order valence-corrected chi connectivity index (χ0v) is 21.4. The molecular formula is C27H26BrN3O4. The molecule has 35 heavy (non-hydrogen) atoms. The molecule has 0 aromatic heterocycles. The van der Waals surface area contributed by atoms with E-state index in [0.29, 0.717) is 23.5 Å². The Morgan fingerprint density at radius 1 is 1.11 bits per heavy atom. The Morgan fingerprint density at radius 3 is 2.54 bits per heavy atom. The largest absolute Gasteiger partial charge is 0.493 e. The Kier molecular flexibility index (Phi) is 7.51. The number of nitrogens with zero attached hydrogens (tertiary/aromatic N) is 3. The molecule has 0 spiro atoms. The number of ether oxygens (including phenoxy) is 2. The van der Waals surface area contributed by atoms with Gasteiger partial charge in [-0.2, -0.15) is 5.10 Å². The maximum atomic E-state index is 13.3. The van der Waals surface area contributed by atoms with Gasteiger partial charge in [0.15, 0.2) is 18.1 Å². The lowest BCUT2D eigenvalue weighted by molar-refractivity contribution is -0.135. The summed E-state index contributed by atoms with van der Waals surface area (Å²) in [6, 6.07) is 20.6. The van der Waals surface area contributed by atoms with E-state index in [1.54, 1.807) is 18.2 Å². The average Bonchev–Trinajstić information content (AvgIpc) is 3.33. The number of rotatable bonds is 8. The minimum atomic E-state index is -0.279. The summed E-state index contributed by atoms with van der Waals surface area (Å²) in [5, 5.41) is 6.22. The van der Waals surface area contributed by atoms with E-state index >= 15 is 0 Å². The molecule has 1 aliphatic rings. The molecule has 0 aliphatic carbocycles. The minimum absolute atomic E-state index is 0.224. The van der Waals surface area contributed by atoms with E-state index in [1.165, 1.54) is 12.1 Å². The van der Waals surface area contributed by atoms with E-state index in [9.17, 15) is 9.59 Å². The summed E-state index contributed by atoms with van der Waals surface area (Å²) in [5.74, 6) is 0.491. The van der Waals surface area contributed by atoms with E-state index in [0.717, 1.165) is 33.3 Å². The molecule has 1 amide bonds. The average molecular weight is 536 g/mol. The minimum Gasteiger partial charge on any atom is -0.493 e. The van der Waals surface area contributed by atoms with Crippen molar-refractivity contribution in [3.8, 4) is 11.5 Å². The first-order valence-corrected chi connectivity index (χ1v) is 11.9. The Hall–Kier alpha value is -3.65. The molecule has 1 heterocycles. The van der Waals surface area contributed by atoms with Gasteiger partial charge in [-0.1, -0.05) is 40.2 Å². The number of halogens is 1. The number of carbonyl (C=O) groups excluding carboxylic acids is 2. The van der Waals surface area contributed by atoms with E-state index in [-0.39, 0.29) is 18.6 Å². The number of amides is 1. The van der Waals surface area contributed by atoms with Crippen LogP contribution in [-0.2, 0) is 4.79 Å². The Bertz CT molecular complexity index is 1260. The van der Waals surface area contributed by atoms with E-state index in [1.807, 2.05) is 67.5 Å². The first kappa shape index (κ1) is 24.5. The van der Waals surface area contributed by atoms with Gasteiger partial charge in [0.25, 0.3) is 5.91 Å². The van der Waals surface area contributed by atoms with Crippen LogP contribution >= 0.6 is 15.9 Å². The fraction of sp³-hybridized carbons (Fsp3) is 0.222. The summed E-state index contributed by atoms with van der Waals surface area (Å²) in [6.45, 7) is -0.224. The normalized spacial score (nSPS) is 14.9. The third-order valence-corrected chi connectivity index (χ3v) is 6.29. The Labute approximate surface area is 213 Å². The third-order valence-electron chi connectivity index (χ3n) is 5.79. The highest BCUT2D eigenvalue weighted by molar-refractivity contribution is 9.10.